The number of fused-ring (bicyclic) bond motifs is 1. The number of rotatable bonds is 4. The molecule has 7 heteroatoms. The molecule has 1 aliphatic carbocycles. The van der Waals surface area contributed by atoms with E-state index in [0.717, 1.165) is 51.5 Å². The van der Waals surface area contributed by atoms with Crippen molar-refractivity contribution in [3.05, 3.63) is 58.9 Å². The maximum absolute atomic E-state index is 13.1. The number of amides is 1. The number of hydrogen-bond donors (Lipinski definition) is 1. The molecule has 1 fully saturated rings. The van der Waals surface area contributed by atoms with E-state index < -0.39 is 0 Å². The summed E-state index contributed by atoms with van der Waals surface area (Å²) >= 11 is 1.59. The Hall–Kier alpha value is -3.06. The van der Waals surface area contributed by atoms with Gasteiger partial charge in [0.2, 0.25) is 0 Å². The van der Waals surface area contributed by atoms with Crippen molar-refractivity contribution in [1.29, 1.82) is 0 Å². The third kappa shape index (κ3) is 2.97. The van der Waals surface area contributed by atoms with Gasteiger partial charge in [0.25, 0.3) is 5.91 Å². The molecule has 0 atom stereocenters. The number of nitrogens with one attached hydrogen (secondary N) is 1. The molecule has 0 radical (unpaired) electrons. The van der Waals surface area contributed by atoms with Gasteiger partial charge in [-0.1, -0.05) is 0 Å². The third-order valence-electron chi connectivity index (χ3n) is 5.05. The number of hydrogen-bond acceptors (Lipinski definition) is 5. The molecule has 3 heterocycles. The highest BCUT2D eigenvalue weighted by Crippen LogP contribution is 2.40. The van der Waals surface area contributed by atoms with E-state index >= 15 is 0 Å². The number of anilines is 1. The normalized spacial score (nSPS) is 13.8. The van der Waals surface area contributed by atoms with Crippen LogP contribution in [-0.2, 0) is 7.05 Å². The summed E-state index contributed by atoms with van der Waals surface area (Å²) in [6, 6.07) is 9.70. The molecule has 0 saturated heterocycles. The minimum absolute atomic E-state index is 0.132. The van der Waals surface area contributed by atoms with Crippen LogP contribution in [0.3, 0.4) is 0 Å². The Bertz CT molecular complexity index is 1170. The molecule has 0 bridgehead atoms. The highest BCUT2D eigenvalue weighted by Gasteiger charge is 2.28. The van der Waals surface area contributed by atoms with Gasteiger partial charge in [-0.25, -0.2) is 9.97 Å². The predicted molar refractivity (Wildman–Crippen MR) is 111 cm³/mol. The molecule has 5 rings (SSSR count). The number of thiazole rings is 1. The first-order valence-corrected chi connectivity index (χ1v) is 10.1. The zero-order valence-electron chi connectivity index (χ0n) is 15.6. The molecule has 0 aliphatic heterocycles. The second kappa shape index (κ2) is 6.53. The maximum Gasteiger partial charge on any atom is 0.256 e. The summed E-state index contributed by atoms with van der Waals surface area (Å²) < 4.78 is 1.76. The molecule has 0 unspecified atom stereocenters. The molecule has 3 aromatic heterocycles. The van der Waals surface area contributed by atoms with Crippen LogP contribution in [0.25, 0.3) is 21.6 Å². The fourth-order valence-corrected chi connectivity index (χ4v) is 4.14. The average molecular weight is 389 g/mol. The Kier molecular flexibility index (Phi) is 3.98. The highest BCUT2D eigenvalue weighted by atomic mass is 32.1. The standard InChI is InChI=1S/C21H19N5OS/c1-12-18-16(11-17(13-3-4-13)24-19(18)26(2)25-12)20(27)23-15-7-5-14(6-8-15)21-22-9-10-28-21/h5-11,13H,3-4H2,1-2H3,(H,23,27). The zero-order chi connectivity index (χ0) is 19.3. The van der Waals surface area contributed by atoms with Crippen LogP contribution >= 0.6 is 11.3 Å². The van der Waals surface area contributed by atoms with Gasteiger partial charge >= 0.3 is 0 Å². The number of carbonyl (C=O) groups excluding carboxylic acids is 1. The van der Waals surface area contributed by atoms with Crippen LogP contribution in [0.5, 0.6) is 0 Å². The fraction of sp³-hybridized carbons (Fsp3) is 0.238. The lowest BCUT2D eigenvalue weighted by molar-refractivity contribution is 0.102. The first kappa shape index (κ1) is 17.1. The van der Waals surface area contributed by atoms with E-state index in [1.807, 2.05) is 49.7 Å². The minimum atomic E-state index is -0.132. The van der Waals surface area contributed by atoms with E-state index in [2.05, 4.69) is 15.4 Å². The van der Waals surface area contributed by atoms with Gasteiger partial charge in [0, 0.05) is 41.5 Å². The van der Waals surface area contributed by atoms with Gasteiger partial charge in [-0.2, -0.15) is 5.10 Å². The summed E-state index contributed by atoms with van der Waals surface area (Å²) in [6.45, 7) is 1.92. The quantitative estimate of drug-likeness (QED) is 0.557. The number of aromatic nitrogens is 4. The zero-order valence-corrected chi connectivity index (χ0v) is 16.5. The molecular formula is C21H19N5OS. The Morgan fingerprint density at radius 3 is 2.71 bits per heavy atom. The summed E-state index contributed by atoms with van der Waals surface area (Å²) in [6.07, 6.45) is 4.06. The second-order valence-electron chi connectivity index (χ2n) is 7.15. The van der Waals surface area contributed by atoms with Crippen molar-refractivity contribution in [3.8, 4) is 10.6 Å². The molecule has 1 aromatic carbocycles. The van der Waals surface area contributed by atoms with Gasteiger partial charge in [0.15, 0.2) is 5.65 Å². The van der Waals surface area contributed by atoms with Crippen LogP contribution in [0.2, 0.25) is 0 Å². The number of carbonyl (C=O) groups is 1. The monoisotopic (exact) mass is 389 g/mol. The summed E-state index contributed by atoms with van der Waals surface area (Å²) in [7, 11) is 1.87. The Morgan fingerprint density at radius 1 is 1.25 bits per heavy atom. The number of aryl methyl sites for hydroxylation is 2. The van der Waals surface area contributed by atoms with Gasteiger partial charge in [-0.15, -0.1) is 11.3 Å². The van der Waals surface area contributed by atoms with Crippen LogP contribution < -0.4 is 5.32 Å². The van der Waals surface area contributed by atoms with Gasteiger partial charge in [-0.3, -0.25) is 9.48 Å². The molecule has 28 heavy (non-hydrogen) atoms. The van der Waals surface area contributed by atoms with E-state index in [4.69, 9.17) is 4.98 Å². The van der Waals surface area contributed by atoms with E-state index in [1.54, 1.807) is 22.2 Å². The van der Waals surface area contributed by atoms with Crippen LogP contribution in [0, 0.1) is 6.92 Å². The first-order valence-electron chi connectivity index (χ1n) is 9.25. The second-order valence-corrected chi connectivity index (χ2v) is 8.04. The number of nitrogens with zero attached hydrogens (tertiary/aromatic N) is 4. The van der Waals surface area contributed by atoms with Gasteiger partial charge in [0.05, 0.1) is 16.6 Å². The highest BCUT2D eigenvalue weighted by molar-refractivity contribution is 7.13. The third-order valence-corrected chi connectivity index (χ3v) is 5.87. The number of benzene rings is 1. The number of pyridine rings is 1. The lowest BCUT2D eigenvalue weighted by Crippen LogP contribution is -2.13. The van der Waals surface area contributed by atoms with E-state index in [1.165, 1.54) is 0 Å². The van der Waals surface area contributed by atoms with E-state index in [-0.39, 0.29) is 5.91 Å². The summed E-state index contributed by atoms with van der Waals surface area (Å²) in [5.41, 5.74) is 5.01. The summed E-state index contributed by atoms with van der Waals surface area (Å²) in [4.78, 5) is 22.2. The van der Waals surface area contributed by atoms with Crippen LogP contribution in [-0.4, -0.2) is 25.7 Å². The molecular weight excluding hydrogens is 370 g/mol. The van der Waals surface area contributed by atoms with E-state index in [0.29, 0.717) is 11.5 Å². The minimum Gasteiger partial charge on any atom is -0.322 e. The molecule has 1 N–H and O–H groups in total. The molecule has 4 aromatic rings. The summed E-state index contributed by atoms with van der Waals surface area (Å²) in [5, 5.41) is 11.2. The van der Waals surface area contributed by atoms with Crippen LogP contribution in [0.15, 0.2) is 41.9 Å². The van der Waals surface area contributed by atoms with Crippen LogP contribution in [0.1, 0.15) is 40.5 Å². The topological polar surface area (TPSA) is 72.7 Å². The lowest BCUT2D eigenvalue weighted by atomic mass is 10.1. The fourth-order valence-electron chi connectivity index (χ4n) is 3.49. The molecule has 1 aliphatic rings. The Labute approximate surface area is 166 Å². The van der Waals surface area contributed by atoms with Gasteiger partial charge < -0.3 is 5.32 Å². The van der Waals surface area contributed by atoms with Crippen LogP contribution in [0.4, 0.5) is 5.69 Å². The van der Waals surface area contributed by atoms with E-state index in [9.17, 15) is 4.79 Å². The van der Waals surface area contributed by atoms with Crippen molar-refractivity contribution >= 4 is 34.0 Å². The molecule has 140 valence electrons. The predicted octanol–water partition coefficient (Wildman–Crippen LogP) is 4.53. The van der Waals surface area contributed by atoms with Gasteiger partial charge in [0.1, 0.15) is 5.01 Å². The van der Waals surface area contributed by atoms with Crippen molar-refractivity contribution < 1.29 is 4.79 Å². The van der Waals surface area contributed by atoms with Gasteiger partial charge in [-0.05, 0) is 50.1 Å². The molecule has 6 nitrogen and oxygen atoms in total. The molecule has 0 spiro atoms. The largest absolute Gasteiger partial charge is 0.322 e. The first-order chi connectivity index (χ1) is 13.6. The van der Waals surface area contributed by atoms with Crippen molar-refractivity contribution in [1.82, 2.24) is 19.7 Å². The Balaban J connectivity index is 1.49. The summed E-state index contributed by atoms with van der Waals surface area (Å²) in [5.74, 6) is 0.330. The van der Waals surface area contributed by atoms with Crippen molar-refractivity contribution in [2.45, 2.75) is 25.7 Å². The smallest absolute Gasteiger partial charge is 0.256 e. The van der Waals surface area contributed by atoms with Crippen molar-refractivity contribution in [3.63, 3.8) is 0 Å². The molecule has 1 amide bonds. The SMILES string of the molecule is Cc1nn(C)c2nc(C3CC3)cc(C(=O)Nc3ccc(-c4nccs4)cc3)c12. The Morgan fingerprint density at radius 2 is 2.04 bits per heavy atom. The van der Waals surface area contributed by atoms with Crippen molar-refractivity contribution in [2.75, 3.05) is 5.32 Å². The average Bonchev–Trinajstić information content (AvgIpc) is 3.33. The maximum atomic E-state index is 13.1. The van der Waals surface area contributed by atoms with Crippen molar-refractivity contribution in [2.24, 2.45) is 7.05 Å². The molecule has 1 saturated carbocycles. The lowest BCUT2D eigenvalue weighted by Gasteiger charge is -2.09.